The molecule has 20 heavy (non-hydrogen) atoms. The lowest BCUT2D eigenvalue weighted by Crippen LogP contribution is -2.10. The summed E-state index contributed by atoms with van der Waals surface area (Å²) in [5.74, 6) is 0.857. The Balaban J connectivity index is 2.27. The van der Waals surface area contributed by atoms with Crippen LogP contribution in [0.5, 0.6) is 0 Å². The largest absolute Gasteiger partial charge is 0.319 e. The van der Waals surface area contributed by atoms with Crippen molar-refractivity contribution in [1.29, 1.82) is 0 Å². The number of rotatable bonds is 3. The van der Waals surface area contributed by atoms with Crippen LogP contribution in [0.2, 0.25) is 5.02 Å². The predicted molar refractivity (Wildman–Crippen MR) is 87.1 cm³/mol. The van der Waals surface area contributed by atoms with Crippen molar-refractivity contribution in [2.45, 2.75) is 25.3 Å². The number of thiophene rings is 1. The van der Waals surface area contributed by atoms with E-state index in [9.17, 15) is 0 Å². The number of hydrogen-bond donors (Lipinski definition) is 0. The molecule has 0 saturated heterocycles. The van der Waals surface area contributed by atoms with Crippen molar-refractivity contribution in [3.05, 3.63) is 51.4 Å². The maximum atomic E-state index is 6.31. The summed E-state index contributed by atoms with van der Waals surface area (Å²) in [6, 6.07) is 10.2. The molecular formula is C15H14Cl2N2S. The molecule has 5 heteroatoms. The van der Waals surface area contributed by atoms with Crippen LogP contribution in [0.4, 0.5) is 0 Å². The van der Waals surface area contributed by atoms with E-state index in [4.69, 9.17) is 23.2 Å². The molecule has 3 rings (SSSR count). The van der Waals surface area contributed by atoms with E-state index in [1.807, 2.05) is 25.1 Å². The molecule has 0 bridgehead atoms. The van der Waals surface area contributed by atoms with Crippen LogP contribution in [0, 0.1) is 0 Å². The van der Waals surface area contributed by atoms with Crippen LogP contribution in [0.15, 0.2) is 35.7 Å². The summed E-state index contributed by atoms with van der Waals surface area (Å²) in [4.78, 5) is 5.93. The standard InChI is InChI=1S/C15H14Cl2N2S/c1-9(16)15-18-14-11(17)5-3-6-12(14)19(15)10(2)13-7-4-8-20-13/h3-10H,1-2H3. The Kier molecular flexibility index (Phi) is 3.76. The number of halogens is 2. The summed E-state index contributed by atoms with van der Waals surface area (Å²) in [6.07, 6.45) is 0. The highest BCUT2D eigenvalue weighted by molar-refractivity contribution is 7.10. The van der Waals surface area contributed by atoms with E-state index in [0.29, 0.717) is 5.02 Å². The van der Waals surface area contributed by atoms with E-state index in [1.54, 1.807) is 11.3 Å². The molecule has 2 heterocycles. The number of para-hydroxylation sites is 1. The minimum Gasteiger partial charge on any atom is -0.319 e. The van der Waals surface area contributed by atoms with Crippen molar-refractivity contribution in [2.75, 3.05) is 0 Å². The molecule has 2 unspecified atom stereocenters. The van der Waals surface area contributed by atoms with Gasteiger partial charge in [0, 0.05) is 4.88 Å². The van der Waals surface area contributed by atoms with Crippen LogP contribution in [0.25, 0.3) is 11.0 Å². The molecule has 3 aromatic rings. The molecule has 0 aliphatic rings. The second-order valence-electron chi connectivity index (χ2n) is 4.75. The number of alkyl halides is 1. The molecule has 0 aliphatic heterocycles. The zero-order valence-electron chi connectivity index (χ0n) is 11.2. The summed E-state index contributed by atoms with van der Waals surface area (Å²) < 4.78 is 2.19. The lowest BCUT2D eigenvalue weighted by Gasteiger charge is -2.17. The molecule has 0 spiro atoms. The molecule has 2 atom stereocenters. The average molecular weight is 325 g/mol. The van der Waals surface area contributed by atoms with E-state index in [0.717, 1.165) is 16.9 Å². The van der Waals surface area contributed by atoms with Gasteiger partial charge in [0.15, 0.2) is 0 Å². The SMILES string of the molecule is CC(Cl)c1nc2c(Cl)cccc2n1C(C)c1cccs1. The van der Waals surface area contributed by atoms with Gasteiger partial charge in [-0.25, -0.2) is 4.98 Å². The van der Waals surface area contributed by atoms with Crippen molar-refractivity contribution in [1.82, 2.24) is 9.55 Å². The third kappa shape index (κ3) is 2.24. The van der Waals surface area contributed by atoms with Gasteiger partial charge in [-0.15, -0.1) is 22.9 Å². The number of benzene rings is 1. The summed E-state index contributed by atoms with van der Waals surface area (Å²) >= 11 is 14.3. The van der Waals surface area contributed by atoms with Gasteiger partial charge in [0.2, 0.25) is 0 Å². The second-order valence-corrected chi connectivity index (χ2v) is 6.80. The Morgan fingerprint density at radius 2 is 2.00 bits per heavy atom. The number of nitrogens with zero attached hydrogens (tertiary/aromatic N) is 2. The summed E-state index contributed by atoms with van der Waals surface area (Å²) in [6.45, 7) is 4.10. The molecule has 0 radical (unpaired) electrons. The van der Waals surface area contributed by atoms with Crippen molar-refractivity contribution in [3.8, 4) is 0 Å². The maximum Gasteiger partial charge on any atom is 0.128 e. The van der Waals surface area contributed by atoms with Crippen molar-refractivity contribution < 1.29 is 0 Å². The number of aromatic nitrogens is 2. The minimum absolute atomic E-state index is 0.166. The highest BCUT2D eigenvalue weighted by atomic mass is 35.5. The Labute approximate surface area is 132 Å². The fourth-order valence-corrected chi connectivity index (χ4v) is 3.58. The molecule has 0 saturated carbocycles. The zero-order chi connectivity index (χ0) is 14.3. The van der Waals surface area contributed by atoms with Gasteiger partial charge in [0.25, 0.3) is 0 Å². The third-order valence-corrected chi connectivity index (χ3v) is 4.94. The van der Waals surface area contributed by atoms with Crippen molar-refractivity contribution >= 4 is 45.6 Å². The molecule has 104 valence electrons. The number of imidazole rings is 1. The van der Waals surface area contributed by atoms with Gasteiger partial charge in [0.1, 0.15) is 11.3 Å². The van der Waals surface area contributed by atoms with E-state index in [2.05, 4.69) is 34.0 Å². The van der Waals surface area contributed by atoms with Gasteiger partial charge in [-0.2, -0.15) is 0 Å². The van der Waals surface area contributed by atoms with E-state index in [-0.39, 0.29) is 11.4 Å². The topological polar surface area (TPSA) is 17.8 Å². The number of hydrogen-bond acceptors (Lipinski definition) is 2. The molecule has 1 aromatic carbocycles. The first-order valence-electron chi connectivity index (χ1n) is 6.43. The normalized spacial score (nSPS) is 14.6. The Hall–Kier alpha value is -1.03. The van der Waals surface area contributed by atoms with Crippen molar-refractivity contribution in [3.63, 3.8) is 0 Å². The lowest BCUT2D eigenvalue weighted by molar-refractivity contribution is 0.628. The predicted octanol–water partition coefficient (Wildman–Crippen LogP) is 5.66. The van der Waals surface area contributed by atoms with Crippen molar-refractivity contribution in [2.24, 2.45) is 0 Å². The molecule has 2 nitrogen and oxygen atoms in total. The highest BCUT2D eigenvalue weighted by Crippen LogP contribution is 2.34. The van der Waals surface area contributed by atoms with Crippen LogP contribution in [0.3, 0.4) is 0 Å². The number of fused-ring (bicyclic) bond motifs is 1. The van der Waals surface area contributed by atoms with Gasteiger partial charge in [-0.1, -0.05) is 23.7 Å². The Morgan fingerprint density at radius 1 is 1.20 bits per heavy atom. The fourth-order valence-electron chi connectivity index (χ4n) is 2.44. The van der Waals surface area contributed by atoms with Gasteiger partial charge >= 0.3 is 0 Å². The van der Waals surface area contributed by atoms with E-state index < -0.39 is 0 Å². The Morgan fingerprint density at radius 3 is 2.65 bits per heavy atom. The quantitative estimate of drug-likeness (QED) is 0.568. The molecular weight excluding hydrogens is 311 g/mol. The van der Waals surface area contributed by atoms with Crippen LogP contribution < -0.4 is 0 Å². The zero-order valence-corrected chi connectivity index (χ0v) is 13.5. The highest BCUT2D eigenvalue weighted by Gasteiger charge is 2.21. The lowest BCUT2D eigenvalue weighted by atomic mass is 10.2. The monoisotopic (exact) mass is 324 g/mol. The Bertz CT molecular complexity index is 732. The molecule has 0 N–H and O–H groups in total. The summed E-state index contributed by atoms with van der Waals surface area (Å²) in [5.41, 5.74) is 1.85. The molecule has 0 aliphatic carbocycles. The minimum atomic E-state index is -0.166. The van der Waals surface area contributed by atoms with E-state index >= 15 is 0 Å². The van der Waals surface area contributed by atoms with E-state index in [1.165, 1.54) is 4.88 Å². The smallest absolute Gasteiger partial charge is 0.128 e. The maximum absolute atomic E-state index is 6.31. The van der Waals surface area contributed by atoms with Gasteiger partial charge in [-0.05, 0) is 37.4 Å². The molecule has 0 fully saturated rings. The average Bonchev–Trinajstić information content (AvgIpc) is 3.06. The van der Waals surface area contributed by atoms with Gasteiger partial charge in [0.05, 0.1) is 22.0 Å². The van der Waals surface area contributed by atoms with Crippen LogP contribution in [-0.4, -0.2) is 9.55 Å². The molecule has 0 amide bonds. The first-order valence-corrected chi connectivity index (χ1v) is 8.13. The van der Waals surface area contributed by atoms with Crippen LogP contribution in [0.1, 0.15) is 36.0 Å². The van der Waals surface area contributed by atoms with Crippen LogP contribution in [-0.2, 0) is 0 Å². The van der Waals surface area contributed by atoms with Gasteiger partial charge < -0.3 is 4.57 Å². The molecule has 2 aromatic heterocycles. The second kappa shape index (κ2) is 5.40. The van der Waals surface area contributed by atoms with Crippen LogP contribution >= 0.6 is 34.5 Å². The third-order valence-electron chi connectivity index (χ3n) is 3.40. The summed E-state index contributed by atoms with van der Waals surface area (Å²) in [7, 11) is 0. The first-order chi connectivity index (χ1) is 9.59. The fraction of sp³-hybridized carbons (Fsp3) is 0.267. The van der Waals surface area contributed by atoms with Gasteiger partial charge in [-0.3, -0.25) is 0 Å². The first kappa shape index (κ1) is 13.9. The summed E-state index contributed by atoms with van der Waals surface area (Å²) in [5, 5.41) is 2.58.